The highest BCUT2D eigenvalue weighted by Crippen LogP contribution is 2.40. The molecular weight excluding hydrogens is 286 g/mol. The zero-order valence-electron chi connectivity index (χ0n) is 12.2. The minimum atomic E-state index is -0.981. The van der Waals surface area contributed by atoms with Crippen LogP contribution in [0.3, 0.4) is 0 Å². The van der Waals surface area contributed by atoms with Crippen LogP contribution in [0, 0.1) is 0 Å². The molecule has 7 nitrogen and oxygen atoms in total. The predicted octanol–water partition coefficient (Wildman–Crippen LogP) is -0.235. The van der Waals surface area contributed by atoms with Gasteiger partial charge in [0.1, 0.15) is 12.3 Å². The van der Waals surface area contributed by atoms with E-state index in [-0.39, 0.29) is 12.3 Å². The van der Waals surface area contributed by atoms with Crippen molar-refractivity contribution in [1.29, 1.82) is 0 Å². The van der Waals surface area contributed by atoms with E-state index in [1.807, 2.05) is 6.07 Å². The van der Waals surface area contributed by atoms with E-state index in [0.29, 0.717) is 12.8 Å². The van der Waals surface area contributed by atoms with Crippen molar-refractivity contribution in [3.8, 4) is 0 Å². The molecule has 1 saturated heterocycles. The Labute approximate surface area is 127 Å². The second kappa shape index (κ2) is 5.42. The van der Waals surface area contributed by atoms with E-state index < -0.39 is 18.3 Å². The van der Waals surface area contributed by atoms with Gasteiger partial charge in [-0.1, -0.05) is 6.07 Å². The highest BCUT2D eigenvalue weighted by atomic mass is 16.3. The third-order valence-electron chi connectivity index (χ3n) is 4.16. The lowest BCUT2D eigenvalue weighted by atomic mass is 10.0. The number of nitrogens with one attached hydrogen (secondary N) is 1. The SMILES string of the molecule is CN1c2cc(CC=O)ccc2N(C2CCC(=O)NC2=O)C1O. The molecule has 2 unspecified atom stereocenters. The first kappa shape index (κ1) is 14.5. The maximum Gasteiger partial charge on any atom is 0.249 e. The molecule has 0 radical (unpaired) electrons. The summed E-state index contributed by atoms with van der Waals surface area (Å²) in [6.45, 7) is 0. The highest BCUT2D eigenvalue weighted by molar-refractivity contribution is 6.02. The van der Waals surface area contributed by atoms with Crippen molar-refractivity contribution in [3.63, 3.8) is 0 Å². The number of amides is 2. The van der Waals surface area contributed by atoms with Gasteiger partial charge in [0.25, 0.3) is 0 Å². The fourth-order valence-corrected chi connectivity index (χ4v) is 3.00. The first-order valence-electron chi connectivity index (χ1n) is 7.12. The van der Waals surface area contributed by atoms with Crippen LogP contribution in [0.4, 0.5) is 11.4 Å². The van der Waals surface area contributed by atoms with Gasteiger partial charge in [0.05, 0.1) is 11.4 Å². The molecule has 1 aromatic carbocycles. The summed E-state index contributed by atoms with van der Waals surface area (Å²) in [6, 6.07) is 4.84. The molecule has 22 heavy (non-hydrogen) atoms. The number of hydrogen-bond donors (Lipinski definition) is 2. The monoisotopic (exact) mass is 303 g/mol. The number of imide groups is 1. The topological polar surface area (TPSA) is 90.0 Å². The van der Waals surface area contributed by atoms with E-state index in [0.717, 1.165) is 23.2 Å². The third-order valence-corrected chi connectivity index (χ3v) is 4.16. The number of rotatable bonds is 3. The van der Waals surface area contributed by atoms with Gasteiger partial charge in [0.15, 0.2) is 0 Å². The van der Waals surface area contributed by atoms with Gasteiger partial charge in [-0.25, -0.2) is 0 Å². The minimum Gasteiger partial charge on any atom is -0.356 e. The Kier molecular flexibility index (Phi) is 3.58. The molecule has 2 amide bonds. The van der Waals surface area contributed by atoms with Gasteiger partial charge in [-0.2, -0.15) is 0 Å². The summed E-state index contributed by atoms with van der Waals surface area (Å²) in [7, 11) is 1.72. The largest absolute Gasteiger partial charge is 0.356 e. The Morgan fingerprint density at radius 2 is 2.14 bits per heavy atom. The van der Waals surface area contributed by atoms with Crippen LogP contribution in [-0.2, 0) is 20.8 Å². The molecule has 2 N–H and O–H groups in total. The average Bonchev–Trinajstić information content (AvgIpc) is 2.72. The molecule has 3 rings (SSSR count). The van der Waals surface area contributed by atoms with Gasteiger partial charge >= 0.3 is 0 Å². The lowest BCUT2D eigenvalue weighted by Crippen LogP contribution is -2.56. The summed E-state index contributed by atoms with van der Waals surface area (Å²) in [5.74, 6) is -0.682. The second-order valence-electron chi connectivity index (χ2n) is 5.53. The number of aliphatic hydroxyl groups excluding tert-OH is 1. The van der Waals surface area contributed by atoms with Gasteiger partial charge in [-0.05, 0) is 24.1 Å². The Bertz CT molecular complexity index is 646. The van der Waals surface area contributed by atoms with E-state index >= 15 is 0 Å². The minimum absolute atomic E-state index is 0.252. The van der Waals surface area contributed by atoms with Crippen molar-refractivity contribution >= 4 is 29.5 Å². The molecule has 2 heterocycles. The van der Waals surface area contributed by atoms with Crippen LogP contribution in [0.25, 0.3) is 0 Å². The van der Waals surface area contributed by atoms with Gasteiger partial charge in [0.2, 0.25) is 18.2 Å². The zero-order valence-corrected chi connectivity index (χ0v) is 12.2. The number of carbonyl (C=O) groups excluding carboxylic acids is 3. The number of hydrogen-bond acceptors (Lipinski definition) is 6. The van der Waals surface area contributed by atoms with Crippen molar-refractivity contribution in [2.24, 2.45) is 0 Å². The molecule has 2 atom stereocenters. The number of benzene rings is 1. The van der Waals surface area contributed by atoms with Crippen LogP contribution in [0.1, 0.15) is 18.4 Å². The maximum absolute atomic E-state index is 12.1. The van der Waals surface area contributed by atoms with E-state index in [1.165, 1.54) is 0 Å². The standard InChI is InChI=1S/C15H17N3O4/c1-17-12-8-9(6-7-19)2-3-10(12)18(15(17)22)11-4-5-13(20)16-14(11)21/h2-3,7-8,11,15,22H,4-6H2,1H3,(H,16,20,21). The number of aldehydes is 1. The molecule has 0 bridgehead atoms. The van der Waals surface area contributed by atoms with Crippen molar-refractivity contribution in [1.82, 2.24) is 5.32 Å². The molecule has 0 saturated carbocycles. The molecule has 116 valence electrons. The first-order valence-corrected chi connectivity index (χ1v) is 7.12. The van der Waals surface area contributed by atoms with Gasteiger partial charge < -0.3 is 19.7 Å². The quantitative estimate of drug-likeness (QED) is 0.592. The zero-order chi connectivity index (χ0) is 15.9. The van der Waals surface area contributed by atoms with Crippen LogP contribution in [0.2, 0.25) is 0 Å². The number of aliphatic hydroxyl groups is 1. The first-order chi connectivity index (χ1) is 10.5. The summed E-state index contributed by atoms with van der Waals surface area (Å²) in [5.41, 5.74) is 2.33. The summed E-state index contributed by atoms with van der Waals surface area (Å²) in [6.07, 6.45) is 0.763. The fourth-order valence-electron chi connectivity index (χ4n) is 3.00. The lowest BCUT2D eigenvalue weighted by molar-refractivity contribution is -0.134. The number of fused-ring (bicyclic) bond motifs is 1. The van der Waals surface area contributed by atoms with Crippen LogP contribution < -0.4 is 15.1 Å². The fraction of sp³-hybridized carbons (Fsp3) is 0.400. The number of nitrogens with zero attached hydrogens (tertiary/aromatic N) is 2. The van der Waals surface area contributed by atoms with Crippen molar-refractivity contribution in [2.45, 2.75) is 31.7 Å². The van der Waals surface area contributed by atoms with Crippen LogP contribution in [0.15, 0.2) is 18.2 Å². The van der Waals surface area contributed by atoms with Gasteiger partial charge in [0, 0.05) is 19.9 Å². The molecule has 1 fully saturated rings. The van der Waals surface area contributed by atoms with Gasteiger partial charge in [-0.15, -0.1) is 0 Å². The highest BCUT2D eigenvalue weighted by Gasteiger charge is 2.41. The number of anilines is 2. The molecular formula is C15H17N3O4. The molecule has 0 aromatic heterocycles. The van der Waals surface area contributed by atoms with Crippen LogP contribution in [0.5, 0.6) is 0 Å². The van der Waals surface area contributed by atoms with Crippen molar-refractivity contribution < 1.29 is 19.5 Å². The maximum atomic E-state index is 12.1. The van der Waals surface area contributed by atoms with Crippen molar-refractivity contribution in [3.05, 3.63) is 23.8 Å². The Hall–Kier alpha value is -2.41. The summed E-state index contributed by atoms with van der Waals surface area (Å²) in [4.78, 5) is 37.3. The van der Waals surface area contributed by atoms with E-state index in [4.69, 9.17) is 0 Å². The summed E-state index contributed by atoms with van der Waals surface area (Å²) in [5, 5.41) is 12.8. The Morgan fingerprint density at radius 3 is 2.82 bits per heavy atom. The van der Waals surface area contributed by atoms with Crippen molar-refractivity contribution in [2.75, 3.05) is 16.8 Å². The normalized spacial score (nSPS) is 24.3. The van der Waals surface area contributed by atoms with E-state index in [2.05, 4.69) is 5.32 Å². The predicted molar refractivity (Wildman–Crippen MR) is 79.3 cm³/mol. The molecule has 2 aliphatic heterocycles. The van der Waals surface area contributed by atoms with Crippen LogP contribution >= 0.6 is 0 Å². The second-order valence-corrected chi connectivity index (χ2v) is 5.53. The lowest BCUT2D eigenvalue weighted by Gasteiger charge is -2.34. The van der Waals surface area contributed by atoms with E-state index in [1.54, 1.807) is 29.0 Å². The van der Waals surface area contributed by atoms with Gasteiger partial charge in [-0.3, -0.25) is 14.9 Å². The molecule has 0 aliphatic carbocycles. The smallest absolute Gasteiger partial charge is 0.249 e. The third kappa shape index (κ3) is 2.23. The van der Waals surface area contributed by atoms with Crippen LogP contribution in [-0.4, -0.2) is 42.6 Å². The molecule has 2 aliphatic rings. The molecule has 0 spiro atoms. The van der Waals surface area contributed by atoms with E-state index in [9.17, 15) is 19.5 Å². The summed E-state index contributed by atoms with van der Waals surface area (Å²) < 4.78 is 0. The molecule has 7 heteroatoms. The number of carbonyl (C=O) groups is 3. The molecule has 1 aromatic rings. The average molecular weight is 303 g/mol. The Morgan fingerprint density at radius 1 is 1.36 bits per heavy atom. The Balaban J connectivity index is 1.96. The number of piperidine rings is 1. The summed E-state index contributed by atoms with van der Waals surface area (Å²) >= 11 is 0.